The summed E-state index contributed by atoms with van der Waals surface area (Å²) in [5, 5.41) is 1.88. The first kappa shape index (κ1) is 14.3. The molecule has 0 heterocycles. The van der Waals surface area contributed by atoms with Crippen LogP contribution < -0.4 is 0 Å². The molecule has 0 fully saturated rings. The Hall–Kier alpha value is -0.690. The minimum absolute atomic E-state index is 1.00. The predicted octanol–water partition coefficient (Wildman–Crippen LogP) is 5.46. The van der Waals surface area contributed by atoms with E-state index in [1.807, 2.05) is 5.41 Å². The molecule has 0 aromatic heterocycles. The molecule has 0 aliphatic carbocycles. The van der Waals surface area contributed by atoms with E-state index < -0.39 is 0 Å². The predicted molar refractivity (Wildman–Crippen MR) is 74.0 cm³/mol. The van der Waals surface area contributed by atoms with Crippen molar-refractivity contribution in [2.75, 3.05) is 0 Å². The van der Waals surface area contributed by atoms with Gasteiger partial charge in [-0.15, -0.1) is 0 Å². The molecule has 84 valence electrons. The van der Waals surface area contributed by atoms with Crippen molar-refractivity contribution < 1.29 is 0 Å². The van der Waals surface area contributed by atoms with Crippen LogP contribution in [0.3, 0.4) is 0 Å². The van der Waals surface area contributed by atoms with E-state index in [0.29, 0.717) is 0 Å². The Morgan fingerprint density at radius 1 is 1.13 bits per heavy atom. The molecule has 0 saturated heterocycles. The van der Waals surface area contributed by atoms with Gasteiger partial charge in [0.1, 0.15) is 0 Å². The first-order valence-corrected chi connectivity index (χ1v) is 6.14. The molecule has 0 spiro atoms. The molecule has 0 aliphatic rings. The third-order valence-corrected chi connectivity index (χ3v) is 3.60. The quantitative estimate of drug-likeness (QED) is 0.557. The Bertz CT molecular complexity index is 312. The van der Waals surface area contributed by atoms with Crippen LogP contribution in [-0.4, -0.2) is 0 Å². The standard InChI is InChI=1S/C14H22S/c1-8-11(5)13(7)14(15-9-2)12(6)10(3)4/h9H,2,5,8H2,1,3-4,6-7H3/b14-13+. The van der Waals surface area contributed by atoms with Crippen LogP contribution in [0.4, 0.5) is 0 Å². The largest absolute Gasteiger partial charge is 0.0981 e. The molecule has 0 unspecified atom stereocenters. The molecule has 0 rings (SSSR count). The second-order valence-corrected chi connectivity index (χ2v) is 4.80. The van der Waals surface area contributed by atoms with Gasteiger partial charge in [0.25, 0.3) is 0 Å². The van der Waals surface area contributed by atoms with E-state index in [2.05, 4.69) is 47.8 Å². The lowest BCUT2D eigenvalue weighted by Crippen LogP contribution is -1.91. The van der Waals surface area contributed by atoms with Crippen molar-refractivity contribution in [1.82, 2.24) is 0 Å². The number of hydrogen-bond donors (Lipinski definition) is 0. The fourth-order valence-electron chi connectivity index (χ4n) is 1.19. The number of hydrogen-bond acceptors (Lipinski definition) is 1. The van der Waals surface area contributed by atoms with Gasteiger partial charge in [0.15, 0.2) is 0 Å². The summed E-state index contributed by atoms with van der Waals surface area (Å²) in [4.78, 5) is 1.30. The average molecular weight is 222 g/mol. The van der Waals surface area contributed by atoms with Crippen molar-refractivity contribution in [3.63, 3.8) is 0 Å². The molecule has 15 heavy (non-hydrogen) atoms. The van der Waals surface area contributed by atoms with Crippen LogP contribution in [0.1, 0.15) is 41.0 Å². The van der Waals surface area contributed by atoms with Gasteiger partial charge in [0.2, 0.25) is 0 Å². The molecule has 0 N–H and O–H groups in total. The third-order valence-electron chi connectivity index (χ3n) is 2.59. The maximum atomic E-state index is 4.09. The monoisotopic (exact) mass is 222 g/mol. The van der Waals surface area contributed by atoms with Gasteiger partial charge in [-0.1, -0.05) is 43.0 Å². The second-order valence-electron chi connectivity index (χ2n) is 3.82. The lowest BCUT2D eigenvalue weighted by atomic mass is 10.0. The van der Waals surface area contributed by atoms with Gasteiger partial charge in [-0.2, -0.15) is 0 Å². The topological polar surface area (TPSA) is 0 Å². The normalized spacial score (nSPS) is 11.8. The molecule has 0 bridgehead atoms. The molecule has 0 aromatic carbocycles. The Balaban J connectivity index is 5.38. The first-order chi connectivity index (χ1) is 6.95. The summed E-state index contributed by atoms with van der Waals surface area (Å²) in [6, 6.07) is 0. The Morgan fingerprint density at radius 2 is 1.67 bits per heavy atom. The van der Waals surface area contributed by atoms with Crippen LogP contribution in [0.2, 0.25) is 0 Å². The van der Waals surface area contributed by atoms with Crippen LogP contribution in [-0.2, 0) is 0 Å². The molecule has 0 saturated carbocycles. The molecule has 0 aromatic rings. The summed E-state index contributed by atoms with van der Waals surface area (Å²) >= 11 is 1.69. The van der Waals surface area contributed by atoms with E-state index in [4.69, 9.17) is 0 Å². The third kappa shape index (κ3) is 4.13. The van der Waals surface area contributed by atoms with E-state index in [0.717, 1.165) is 6.42 Å². The zero-order valence-corrected chi connectivity index (χ0v) is 11.4. The Labute approximate surface area is 98.8 Å². The van der Waals surface area contributed by atoms with E-state index in [1.165, 1.54) is 27.2 Å². The smallest absolute Gasteiger partial charge is 0.0176 e. The van der Waals surface area contributed by atoms with Crippen molar-refractivity contribution in [3.05, 3.63) is 45.8 Å². The molecule has 0 atom stereocenters. The summed E-state index contributed by atoms with van der Waals surface area (Å²) in [5.74, 6) is 0. The highest BCUT2D eigenvalue weighted by Gasteiger charge is 2.07. The highest BCUT2D eigenvalue weighted by molar-refractivity contribution is 8.06. The zero-order chi connectivity index (χ0) is 12.0. The van der Waals surface area contributed by atoms with Gasteiger partial charge in [0, 0.05) is 4.91 Å². The maximum Gasteiger partial charge on any atom is 0.0176 e. The van der Waals surface area contributed by atoms with Crippen LogP contribution >= 0.6 is 11.8 Å². The summed E-state index contributed by atoms with van der Waals surface area (Å²) in [5.41, 5.74) is 5.19. The van der Waals surface area contributed by atoms with Crippen molar-refractivity contribution >= 4 is 11.8 Å². The number of rotatable bonds is 5. The van der Waals surface area contributed by atoms with E-state index in [1.54, 1.807) is 11.8 Å². The second kappa shape index (κ2) is 6.73. The van der Waals surface area contributed by atoms with E-state index >= 15 is 0 Å². The van der Waals surface area contributed by atoms with Crippen LogP contribution in [0, 0.1) is 0 Å². The molecule has 1 heteroatoms. The van der Waals surface area contributed by atoms with Gasteiger partial charge in [-0.3, -0.25) is 0 Å². The van der Waals surface area contributed by atoms with E-state index in [9.17, 15) is 0 Å². The first-order valence-electron chi connectivity index (χ1n) is 5.26. The fraction of sp³-hybridized carbons (Fsp3) is 0.429. The van der Waals surface area contributed by atoms with Gasteiger partial charge in [-0.05, 0) is 50.7 Å². The molecule has 0 nitrogen and oxygen atoms in total. The Kier molecular flexibility index (Phi) is 6.42. The van der Waals surface area contributed by atoms with Crippen LogP contribution in [0.5, 0.6) is 0 Å². The average Bonchev–Trinajstić information content (AvgIpc) is 2.22. The zero-order valence-electron chi connectivity index (χ0n) is 10.6. The summed E-state index contributed by atoms with van der Waals surface area (Å²) in [6.45, 7) is 18.6. The number of allylic oxidation sites excluding steroid dienone is 4. The minimum Gasteiger partial charge on any atom is -0.0981 e. The van der Waals surface area contributed by atoms with Crippen molar-refractivity contribution in [2.24, 2.45) is 0 Å². The molecule has 0 amide bonds. The lowest BCUT2D eigenvalue weighted by molar-refractivity contribution is 1.10. The maximum absolute atomic E-state index is 4.09. The summed E-state index contributed by atoms with van der Waals surface area (Å²) in [7, 11) is 0. The van der Waals surface area contributed by atoms with Gasteiger partial charge >= 0.3 is 0 Å². The van der Waals surface area contributed by atoms with Crippen molar-refractivity contribution in [2.45, 2.75) is 41.0 Å². The number of thioether (sulfide) groups is 1. The van der Waals surface area contributed by atoms with Gasteiger partial charge in [-0.25, -0.2) is 0 Å². The molecule has 0 radical (unpaired) electrons. The Morgan fingerprint density at radius 3 is 2.00 bits per heavy atom. The van der Waals surface area contributed by atoms with Crippen molar-refractivity contribution in [3.8, 4) is 0 Å². The minimum atomic E-state index is 1.00. The van der Waals surface area contributed by atoms with Gasteiger partial charge in [0.05, 0.1) is 0 Å². The van der Waals surface area contributed by atoms with Crippen LogP contribution in [0.15, 0.2) is 45.8 Å². The highest BCUT2D eigenvalue weighted by Crippen LogP contribution is 2.32. The van der Waals surface area contributed by atoms with Crippen molar-refractivity contribution in [1.29, 1.82) is 0 Å². The molecular weight excluding hydrogens is 200 g/mol. The lowest BCUT2D eigenvalue weighted by Gasteiger charge is -2.13. The fourth-order valence-corrected chi connectivity index (χ4v) is 2.06. The van der Waals surface area contributed by atoms with Gasteiger partial charge < -0.3 is 0 Å². The molecule has 0 aliphatic heterocycles. The summed E-state index contributed by atoms with van der Waals surface area (Å²) < 4.78 is 0. The molecular formula is C14H22S. The van der Waals surface area contributed by atoms with E-state index in [-0.39, 0.29) is 0 Å². The SMILES string of the molecule is C=CS/C(C(C)=C(C)C)=C(\C)C(=C)CC. The highest BCUT2D eigenvalue weighted by atomic mass is 32.2. The van der Waals surface area contributed by atoms with Crippen LogP contribution in [0.25, 0.3) is 0 Å². The summed E-state index contributed by atoms with van der Waals surface area (Å²) in [6.07, 6.45) is 1.00.